The Morgan fingerprint density at radius 3 is 2.28 bits per heavy atom. The van der Waals surface area contributed by atoms with Crippen molar-refractivity contribution in [3.05, 3.63) is 0 Å². The molecular weight excluding hydrogens is 226 g/mol. The maximum absolute atomic E-state index is 11.8. The van der Waals surface area contributed by atoms with Crippen LogP contribution in [0.25, 0.3) is 0 Å². The molecule has 0 bridgehead atoms. The van der Waals surface area contributed by atoms with E-state index in [1.807, 2.05) is 27.7 Å². The van der Waals surface area contributed by atoms with Gasteiger partial charge in [0.2, 0.25) is 5.91 Å². The van der Waals surface area contributed by atoms with Crippen molar-refractivity contribution in [2.45, 2.75) is 59.5 Å². The molecule has 4 heteroatoms. The van der Waals surface area contributed by atoms with Gasteiger partial charge in [-0.3, -0.25) is 4.79 Å². The third-order valence-corrected chi connectivity index (χ3v) is 2.76. The van der Waals surface area contributed by atoms with Crippen LogP contribution in [0.1, 0.15) is 48.0 Å². The van der Waals surface area contributed by atoms with E-state index in [9.17, 15) is 4.79 Å². The topological polar surface area (TPSA) is 44.4 Å². The lowest BCUT2D eigenvalue weighted by molar-refractivity contribution is -0.124. The Kier molecular flexibility index (Phi) is 8.20. The van der Waals surface area contributed by atoms with Gasteiger partial charge in [-0.2, -0.15) is 0 Å². The molecule has 18 heavy (non-hydrogen) atoms. The smallest absolute Gasteiger partial charge is 0.237 e. The fourth-order valence-electron chi connectivity index (χ4n) is 1.75. The summed E-state index contributed by atoms with van der Waals surface area (Å²) in [6.07, 6.45) is 1.17. The lowest BCUT2D eigenvalue weighted by atomic mass is 10.1. The van der Waals surface area contributed by atoms with Crippen molar-refractivity contribution >= 4 is 5.91 Å². The summed E-state index contributed by atoms with van der Waals surface area (Å²) in [5, 5.41) is 6.26. The molecule has 1 amide bonds. The zero-order chi connectivity index (χ0) is 14.2. The second-order valence-corrected chi connectivity index (χ2v) is 5.85. The molecule has 0 spiro atoms. The summed E-state index contributed by atoms with van der Waals surface area (Å²) in [4.78, 5) is 14.2. The Bertz CT molecular complexity index is 236. The summed E-state index contributed by atoms with van der Waals surface area (Å²) < 4.78 is 0. The van der Waals surface area contributed by atoms with E-state index in [0.29, 0.717) is 0 Å². The number of rotatable bonds is 8. The van der Waals surface area contributed by atoms with Crippen molar-refractivity contribution < 1.29 is 4.79 Å². The molecule has 0 aromatic heterocycles. The van der Waals surface area contributed by atoms with Gasteiger partial charge in [-0.25, -0.2) is 0 Å². The van der Waals surface area contributed by atoms with Crippen LogP contribution in [0.3, 0.4) is 0 Å². The van der Waals surface area contributed by atoms with Gasteiger partial charge < -0.3 is 15.5 Å². The summed E-state index contributed by atoms with van der Waals surface area (Å²) >= 11 is 0. The Hall–Kier alpha value is -0.610. The minimum Gasteiger partial charge on any atom is -0.350 e. The van der Waals surface area contributed by atoms with Gasteiger partial charge in [0.05, 0.1) is 6.04 Å². The van der Waals surface area contributed by atoms with Crippen molar-refractivity contribution in [3.63, 3.8) is 0 Å². The predicted molar refractivity (Wildman–Crippen MR) is 77.8 cm³/mol. The fourth-order valence-corrected chi connectivity index (χ4v) is 1.75. The summed E-state index contributed by atoms with van der Waals surface area (Å²) in [5.74, 6) is 0.0704. The molecule has 0 radical (unpaired) electrons. The van der Waals surface area contributed by atoms with Crippen molar-refractivity contribution in [1.29, 1.82) is 0 Å². The van der Waals surface area contributed by atoms with Crippen molar-refractivity contribution in [3.8, 4) is 0 Å². The monoisotopic (exact) mass is 257 g/mol. The lowest BCUT2D eigenvalue weighted by Crippen LogP contribution is -2.50. The molecule has 0 aliphatic carbocycles. The number of hydrogen-bond acceptors (Lipinski definition) is 3. The molecule has 1 unspecified atom stereocenters. The Labute approximate surface area is 113 Å². The molecule has 0 saturated carbocycles. The van der Waals surface area contributed by atoms with Crippen molar-refractivity contribution in [2.75, 3.05) is 26.2 Å². The molecule has 0 fully saturated rings. The quantitative estimate of drug-likeness (QED) is 0.694. The van der Waals surface area contributed by atoms with Gasteiger partial charge in [-0.1, -0.05) is 13.8 Å². The standard InChI is InChI=1S/C14H31N3O/c1-7-10-17(8-2)11-9-15-12(3)13(18)16-14(4,5)6/h12,15H,7-11H2,1-6H3,(H,16,18). The average Bonchev–Trinajstić information content (AvgIpc) is 2.25. The molecule has 1 atom stereocenters. The van der Waals surface area contributed by atoms with E-state index in [1.54, 1.807) is 0 Å². The van der Waals surface area contributed by atoms with E-state index in [1.165, 1.54) is 6.42 Å². The zero-order valence-electron chi connectivity index (χ0n) is 13.0. The lowest BCUT2D eigenvalue weighted by Gasteiger charge is -2.25. The van der Waals surface area contributed by atoms with Gasteiger partial charge in [-0.15, -0.1) is 0 Å². The summed E-state index contributed by atoms with van der Waals surface area (Å²) in [6, 6.07) is -0.135. The normalized spacial score (nSPS) is 13.7. The third kappa shape index (κ3) is 8.48. The Balaban J connectivity index is 3.88. The number of nitrogens with one attached hydrogen (secondary N) is 2. The van der Waals surface area contributed by atoms with Crippen LogP contribution >= 0.6 is 0 Å². The highest BCUT2D eigenvalue weighted by atomic mass is 16.2. The van der Waals surface area contributed by atoms with Crippen LogP contribution in [0.15, 0.2) is 0 Å². The molecule has 0 aromatic carbocycles. The molecular formula is C14H31N3O. The van der Waals surface area contributed by atoms with E-state index >= 15 is 0 Å². The number of hydrogen-bond donors (Lipinski definition) is 2. The van der Waals surface area contributed by atoms with E-state index in [-0.39, 0.29) is 17.5 Å². The SMILES string of the molecule is CCCN(CC)CCNC(C)C(=O)NC(C)(C)C. The van der Waals surface area contributed by atoms with Crippen LogP contribution in [-0.4, -0.2) is 48.6 Å². The molecule has 108 valence electrons. The van der Waals surface area contributed by atoms with E-state index in [0.717, 1.165) is 26.2 Å². The first-order valence-corrected chi connectivity index (χ1v) is 7.08. The van der Waals surface area contributed by atoms with Crippen LogP contribution in [-0.2, 0) is 4.79 Å². The number of nitrogens with zero attached hydrogens (tertiary/aromatic N) is 1. The largest absolute Gasteiger partial charge is 0.350 e. The van der Waals surface area contributed by atoms with Gasteiger partial charge in [0.15, 0.2) is 0 Å². The number of carbonyl (C=O) groups excluding carboxylic acids is 1. The summed E-state index contributed by atoms with van der Waals surface area (Å²) in [5.41, 5.74) is -0.162. The molecule has 0 saturated heterocycles. The molecule has 4 nitrogen and oxygen atoms in total. The van der Waals surface area contributed by atoms with Crippen LogP contribution in [0.2, 0.25) is 0 Å². The average molecular weight is 257 g/mol. The predicted octanol–water partition coefficient (Wildman–Crippen LogP) is 1.61. The van der Waals surface area contributed by atoms with E-state index < -0.39 is 0 Å². The highest BCUT2D eigenvalue weighted by Gasteiger charge is 2.18. The van der Waals surface area contributed by atoms with Crippen LogP contribution in [0.5, 0.6) is 0 Å². The number of carbonyl (C=O) groups is 1. The minimum atomic E-state index is -0.162. The highest BCUT2D eigenvalue weighted by Crippen LogP contribution is 1.99. The summed E-state index contributed by atoms with van der Waals surface area (Å²) in [7, 11) is 0. The van der Waals surface area contributed by atoms with Crippen LogP contribution in [0.4, 0.5) is 0 Å². The molecule has 0 heterocycles. The van der Waals surface area contributed by atoms with E-state index in [4.69, 9.17) is 0 Å². The molecule has 2 N–H and O–H groups in total. The molecule has 0 aliphatic heterocycles. The fraction of sp³-hybridized carbons (Fsp3) is 0.929. The Morgan fingerprint density at radius 2 is 1.83 bits per heavy atom. The molecule has 0 aromatic rings. The Morgan fingerprint density at radius 1 is 1.22 bits per heavy atom. The van der Waals surface area contributed by atoms with Crippen LogP contribution < -0.4 is 10.6 Å². The maximum Gasteiger partial charge on any atom is 0.237 e. The molecule has 0 aliphatic rings. The second-order valence-electron chi connectivity index (χ2n) is 5.85. The highest BCUT2D eigenvalue weighted by molar-refractivity contribution is 5.81. The van der Waals surface area contributed by atoms with Crippen molar-refractivity contribution in [1.82, 2.24) is 15.5 Å². The van der Waals surface area contributed by atoms with Crippen LogP contribution in [0, 0.1) is 0 Å². The number of likely N-dealkylation sites (N-methyl/N-ethyl adjacent to an activating group) is 1. The first kappa shape index (κ1) is 17.4. The minimum absolute atomic E-state index is 0.0704. The van der Waals surface area contributed by atoms with Gasteiger partial charge >= 0.3 is 0 Å². The maximum atomic E-state index is 11.8. The first-order chi connectivity index (χ1) is 8.30. The number of amides is 1. The van der Waals surface area contributed by atoms with Gasteiger partial charge in [0, 0.05) is 18.6 Å². The van der Waals surface area contributed by atoms with Gasteiger partial charge in [0.1, 0.15) is 0 Å². The van der Waals surface area contributed by atoms with Gasteiger partial charge in [0.25, 0.3) is 0 Å². The van der Waals surface area contributed by atoms with Crippen molar-refractivity contribution in [2.24, 2.45) is 0 Å². The zero-order valence-corrected chi connectivity index (χ0v) is 13.0. The van der Waals surface area contributed by atoms with Gasteiger partial charge in [-0.05, 0) is 47.2 Å². The first-order valence-electron chi connectivity index (χ1n) is 7.08. The molecule has 0 rings (SSSR count). The third-order valence-electron chi connectivity index (χ3n) is 2.76. The van der Waals surface area contributed by atoms with E-state index in [2.05, 4.69) is 29.4 Å². The second kappa shape index (κ2) is 8.48. The summed E-state index contributed by atoms with van der Waals surface area (Å²) in [6.45, 7) is 16.3.